The number of carbonyl (C=O) groups is 4. The Bertz CT molecular complexity index is 1480. The first kappa shape index (κ1) is 30.0. The largest absolute Gasteiger partial charge is 0.462 e. The molecule has 0 aliphatic carbocycles. The first-order chi connectivity index (χ1) is 20.4. The Morgan fingerprint density at radius 2 is 1.69 bits per heavy atom. The van der Waals surface area contributed by atoms with Crippen molar-refractivity contribution in [1.29, 1.82) is 0 Å². The van der Waals surface area contributed by atoms with Gasteiger partial charge in [-0.1, -0.05) is 50.8 Å². The molecular weight excluding hydrogens is 538 g/mol. The Labute approximate surface area is 243 Å². The summed E-state index contributed by atoms with van der Waals surface area (Å²) in [6.45, 7) is 4.12. The number of aliphatic imine (C=N–C) groups is 3. The molecule has 0 fully saturated rings. The molecule has 42 heavy (non-hydrogen) atoms. The molecule has 218 valence electrons. The van der Waals surface area contributed by atoms with E-state index in [0.717, 1.165) is 32.1 Å². The Hall–Kier alpha value is -4.93. The van der Waals surface area contributed by atoms with Crippen molar-refractivity contribution in [2.45, 2.75) is 52.4 Å². The lowest BCUT2D eigenvalue weighted by Gasteiger charge is -2.14. The highest BCUT2D eigenvalue weighted by molar-refractivity contribution is 6.34. The molecule has 2 aromatic carbocycles. The van der Waals surface area contributed by atoms with Crippen LogP contribution in [0.15, 0.2) is 74.7 Å². The third-order valence-electron chi connectivity index (χ3n) is 6.45. The van der Waals surface area contributed by atoms with Gasteiger partial charge < -0.3 is 14.8 Å². The molecule has 2 amide bonds. The van der Waals surface area contributed by atoms with Gasteiger partial charge in [-0.25, -0.2) is 14.6 Å². The Morgan fingerprint density at radius 1 is 0.905 bits per heavy atom. The summed E-state index contributed by atoms with van der Waals surface area (Å²) in [6, 6.07) is 13.1. The summed E-state index contributed by atoms with van der Waals surface area (Å²) in [6.07, 6.45) is 6.93. The van der Waals surface area contributed by atoms with E-state index in [1.54, 1.807) is 43.3 Å². The van der Waals surface area contributed by atoms with Gasteiger partial charge in [0.1, 0.15) is 11.3 Å². The number of hydrogen-bond donors (Lipinski definition) is 2. The van der Waals surface area contributed by atoms with E-state index < -0.39 is 17.8 Å². The molecule has 0 saturated carbocycles. The van der Waals surface area contributed by atoms with E-state index in [1.165, 1.54) is 18.3 Å². The van der Waals surface area contributed by atoms with E-state index in [0.29, 0.717) is 23.2 Å². The van der Waals surface area contributed by atoms with E-state index in [2.05, 4.69) is 32.5 Å². The molecule has 2 aliphatic rings. The minimum Gasteiger partial charge on any atom is -0.462 e. The van der Waals surface area contributed by atoms with Gasteiger partial charge in [-0.05, 0) is 43.7 Å². The van der Waals surface area contributed by atoms with Crippen LogP contribution in [-0.4, -0.2) is 54.9 Å². The van der Waals surface area contributed by atoms with Gasteiger partial charge in [-0.3, -0.25) is 14.9 Å². The molecule has 2 aromatic rings. The molecule has 11 heteroatoms. The normalized spacial score (nSPS) is 13.7. The highest BCUT2D eigenvalue weighted by Gasteiger charge is 2.29. The second kappa shape index (κ2) is 14.6. The lowest BCUT2D eigenvalue weighted by molar-refractivity contribution is -0.119. The smallest absolute Gasteiger partial charge is 0.343 e. The third kappa shape index (κ3) is 7.84. The number of nitrogens with one attached hydrogen (secondary N) is 2. The van der Waals surface area contributed by atoms with Gasteiger partial charge >= 0.3 is 11.9 Å². The zero-order valence-electron chi connectivity index (χ0n) is 23.6. The Kier molecular flexibility index (Phi) is 10.5. The monoisotopic (exact) mass is 571 g/mol. The number of amidine groups is 1. The summed E-state index contributed by atoms with van der Waals surface area (Å²) >= 11 is 0. The van der Waals surface area contributed by atoms with Crippen LogP contribution in [-0.2, 0) is 14.3 Å². The molecule has 0 unspecified atom stereocenters. The van der Waals surface area contributed by atoms with Gasteiger partial charge in [-0.15, -0.1) is 0 Å². The Morgan fingerprint density at radius 3 is 2.45 bits per heavy atom. The molecule has 0 aromatic heterocycles. The lowest BCUT2D eigenvalue weighted by atomic mass is 10.1. The van der Waals surface area contributed by atoms with Crippen molar-refractivity contribution >= 4 is 47.5 Å². The van der Waals surface area contributed by atoms with Gasteiger partial charge in [0, 0.05) is 30.4 Å². The number of esters is 2. The first-order valence-electron chi connectivity index (χ1n) is 14.0. The number of amides is 2. The number of hydrogen-bond acceptors (Lipinski definition) is 9. The van der Waals surface area contributed by atoms with Crippen molar-refractivity contribution in [2.24, 2.45) is 15.0 Å². The van der Waals surface area contributed by atoms with Crippen LogP contribution in [0.3, 0.4) is 0 Å². The average molecular weight is 572 g/mol. The Balaban J connectivity index is 1.41. The third-order valence-corrected chi connectivity index (χ3v) is 6.45. The number of nitrogens with zero attached hydrogens (tertiary/aromatic N) is 3. The predicted molar refractivity (Wildman–Crippen MR) is 159 cm³/mol. The topological polar surface area (TPSA) is 148 Å². The first-order valence-corrected chi connectivity index (χ1v) is 14.0. The molecule has 2 heterocycles. The van der Waals surface area contributed by atoms with Gasteiger partial charge in [0.15, 0.2) is 5.84 Å². The molecule has 2 N–H and O–H groups in total. The quantitative estimate of drug-likeness (QED) is 0.202. The fraction of sp³-hybridized carbons (Fsp3) is 0.323. The van der Waals surface area contributed by atoms with Crippen molar-refractivity contribution in [3.05, 3.63) is 70.8 Å². The van der Waals surface area contributed by atoms with Crippen LogP contribution in [0.4, 0.5) is 5.69 Å². The standard InChI is InChI=1S/C31H33N5O6/c1-3-5-6-7-11-14-25(37)34-31-35-27-26(28(38)36-31)21(19-33-27)18-32-22-15-16-24(23(17-22)30(40)41-4-2)42-29(39)20-12-9-8-10-13-20/h8-10,12-13,15-17,19,32H,3-7,11,14,18H2,1-2H3,(H,34,36,37,38). The molecular formula is C31H33N5O6. The zero-order valence-corrected chi connectivity index (χ0v) is 23.6. The second-order valence-electron chi connectivity index (χ2n) is 9.59. The van der Waals surface area contributed by atoms with Gasteiger partial charge in [-0.2, -0.15) is 9.98 Å². The number of unbranched alkanes of at least 4 members (excludes halogenated alkanes) is 4. The van der Waals surface area contributed by atoms with Crippen LogP contribution in [0, 0.1) is 0 Å². The minimum atomic E-state index is -0.650. The van der Waals surface area contributed by atoms with E-state index in [1.807, 2.05) is 0 Å². The van der Waals surface area contributed by atoms with Crippen LogP contribution in [0.2, 0.25) is 0 Å². The molecule has 0 spiro atoms. The molecule has 0 radical (unpaired) electrons. The van der Waals surface area contributed by atoms with E-state index in [-0.39, 0.29) is 47.7 Å². The number of rotatable bonds is 13. The van der Waals surface area contributed by atoms with Crippen LogP contribution < -0.4 is 15.4 Å². The van der Waals surface area contributed by atoms with Crippen LogP contribution in [0.25, 0.3) is 0 Å². The molecule has 2 aliphatic heterocycles. The van der Waals surface area contributed by atoms with Crippen molar-refractivity contribution in [2.75, 3.05) is 18.5 Å². The zero-order chi connectivity index (χ0) is 29.9. The number of fused-ring (bicyclic) bond motifs is 1. The maximum absolute atomic E-state index is 12.8. The number of ether oxygens (including phenoxy) is 2. The summed E-state index contributed by atoms with van der Waals surface area (Å²) in [4.78, 5) is 62.7. The fourth-order valence-corrected chi connectivity index (χ4v) is 4.30. The maximum Gasteiger partial charge on any atom is 0.343 e. The van der Waals surface area contributed by atoms with Gasteiger partial charge in [0.2, 0.25) is 11.9 Å². The van der Waals surface area contributed by atoms with Crippen molar-refractivity contribution in [1.82, 2.24) is 5.32 Å². The summed E-state index contributed by atoms with van der Waals surface area (Å²) in [5.41, 5.74) is 1.70. The van der Waals surface area contributed by atoms with Crippen molar-refractivity contribution in [3.63, 3.8) is 0 Å². The van der Waals surface area contributed by atoms with E-state index >= 15 is 0 Å². The second-order valence-corrected chi connectivity index (χ2v) is 9.59. The molecule has 0 atom stereocenters. The summed E-state index contributed by atoms with van der Waals surface area (Å²) in [5, 5.41) is 5.74. The maximum atomic E-state index is 12.8. The van der Waals surface area contributed by atoms with Crippen LogP contribution in [0.5, 0.6) is 5.75 Å². The summed E-state index contributed by atoms with van der Waals surface area (Å²) in [5.74, 6) is -1.88. The van der Waals surface area contributed by atoms with E-state index in [4.69, 9.17) is 9.47 Å². The molecule has 4 rings (SSSR count). The summed E-state index contributed by atoms with van der Waals surface area (Å²) in [7, 11) is 0. The highest BCUT2D eigenvalue weighted by Crippen LogP contribution is 2.26. The molecule has 0 bridgehead atoms. The number of carbonyl (C=O) groups excluding carboxylic acids is 4. The summed E-state index contributed by atoms with van der Waals surface area (Å²) < 4.78 is 10.6. The number of guanidine groups is 1. The SMILES string of the molecule is CCCCCCCC(=O)NC1=NC(=O)C2=C(CNc3ccc(OC(=O)c4ccccc4)c(C(=O)OCC)c3)C=NC2=N1. The molecule has 11 nitrogen and oxygen atoms in total. The fourth-order valence-electron chi connectivity index (χ4n) is 4.30. The predicted octanol–water partition coefficient (Wildman–Crippen LogP) is 4.65. The number of anilines is 1. The molecule has 0 saturated heterocycles. The van der Waals surface area contributed by atoms with Gasteiger partial charge in [0.25, 0.3) is 5.91 Å². The van der Waals surface area contributed by atoms with Crippen molar-refractivity contribution < 1.29 is 28.7 Å². The minimum absolute atomic E-state index is 0.0547. The average Bonchev–Trinajstić information content (AvgIpc) is 3.40. The van der Waals surface area contributed by atoms with E-state index in [9.17, 15) is 19.2 Å². The number of benzene rings is 2. The van der Waals surface area contributed by atoms with Gasteiger partial charge in [0.05, 0.1) is 17.7 Å². The van der Waals surface area contributed by atoms with Crippen LogP contribution >= 0.6 is 0 Å². The van der Waals surface area contributed by atoms with Crippen molar-refractivity contribution in [3.8, 4) is 5.75 Å². The van der Waals surface area contributed by atoms with Crippen LogP contribution in [0.1, 0.15) is 73.1 Å². The highest BCUT2D eigenvalue weighted by atomic mass is 16.5. The lowest BCUT2D eigenvalue weighted by Crippen LogP contribution is -2.33.